The topological polar surface area (TPSA) is 75.5 Å². The van der Waals surface area contributed by atoms with Crippen LogP contribution in [0.4, 0.5) is 0 Å². The van der Waals surface area contributed by atoms with Crippen LogP contribution >= 0.6 is 0 Å². The standard InChI is InChI=1S/C17H24N4O3/c1-4-8-21(14-9-15(22)20(3)17(14)24)16(23)11-6-5-7-13-12(11)10-19(2)18-13/h10-11,14H,4-9H2,1-3H3/t11-,14+/m1/s1. The summed E-state index contributed by atoms with van der Waals surface area (Å²) in [6, 6.07) is -0.656. The van der Waals surface area contributed by atoms with Crippen LogP contribution in [-0.2, 0) is 27.9 Å². The molecule has 2 aliphatic rings. The van der Waals surface area contributed by atoms with E-state index in [1.807, 2.05) is 20.2 Å². The molecule has 1 aromatic rings. The molecule has 0 aromatic carbocycles. The highest BCUT2D eigenvalue weighted by Gasteiger charge is 2.43. The van der Waals surface area contributed by atoms with Gasteiger partial charge in [0, 0.05) is 32.4 Å². The van der Waals surface area contributed by atoms with E-state index in [0.717, 1.165) is 41.8 Å². The Balaban J connectivity index is 1.88. The summed E-state index contributed by atoms with van der Waals surface area (Å²) in [5.41, 5.74) is 1.95. The van der Waals surface area contributed by atoms with Crippen molar-refractivity contribution < 1.29 is 14.4 Å². The number of hydrogen-bond donors (Lipinski definition) is 0. The van der Waals surface area contributed by atoms with E-state index in [9.17, 15) is 14.4 Å². The van der Waals surface area contributed by atoms with Gasteiger partial charge in [0.1, 0.15) is 6.04 Å². The van der Waals surface area contributed by atoms with E-state index in [1.165, 1.54) is 7.05 Å². The molecule has 1 aromatic heterocycles. The SMILES string of the molecule is CCCN(C(=O)[C@@H]1CCCc2nn(C)cc21)[C@H]1CC(=O)N(C)C1=O. The van der Waals surface area contributed by atoms with Crippen LogP contribution < -0.4 is 0 Å². The maximum atomic E-state index is 13.2. The molecule has 1 aliphatic heterocycles. The second kappa shape index (κ2) is 6.37. The summed E-state index contributed by atoms with van der Waals surface area (Å²) >= 11 is 0. The zero-order chi connectivity index (χ0) is 17.4. The van der Waals surface area contributed by atoms with E-state index in [1.54, 1.807) is 9.58 Å². The highest BCUT2D eigenvalue weighted by Crippen LogP contribution is 2.33. The van der Waals surface area contributed by atoms with Gasteiger partial charge in [-0.15, -0.1) is 0 Å². The fourth-order valence-electron chi connectivity index (χ4n) is 3.76. The normalized spacial score (nSPS) is 23.5. The molecule has 0 spiro atoms. The van der Waals surface area contributed by atoms with Gasteiger partial charge in [0.2, 0.25) is 11.8 Å². The highest BCUT2D eigenvalue weighted by molar-refractivity contribution is 6.06. The van der Waals surface area contributed by atoms with Crippen molar-refractivity contribution in [3.05, 3.63) is 17.5 Å². The molecule has 0 unspecified atom stereocenters. The van der Waals surface area contributed by atoms with Gasteiger partial charge in [0.15, 0.2) is 0 Å². The Labute approximate surface area is 141 Å². The number of aromatic nitrogens is 2. The summed E-state index contributed by atoms with van der Waals surface area (Å²) in [5.74, 6) is -0.802. The minimum atomic E-state index is -0.656. The van der Waals surface area contributed by atoms with Crippen LogP contribution in [0.3, 0.4) is 0 Å². The zero-order valence-corrected chi connectivity index (χ0v) is 14.5. The molecule has 0 N–H and O–H groups in total. The van der Waals surface area contributed by atoms with Gasteiger partial charge < -0.3 is 4.90 Å². The fraction of sp³-hybridized carbons (Fsp3) is 0.647. The monoisotopic (exact) mass is 332 g/mol. The van der Waals surface area contributed by atoms with Gasteiger partial charge in [0.25, 0.3) is 5.91 Å². The van der Waals surface area contributed by atoms with Gasteiger partial charge in [0.05, 0.1) is 18.0 Å². The third-order valence-electron chi connectivity index (χ3n) is 5.00. The predicted molar refractivity (Wildman–Crippen MR) is 87.1 cm³/mol. The van der Waals surface area contributed by atoms with Crippen LogP contribution in [0.1, 0.15) is 49.8 Å². The third kappa shape index (κ3) is 2.72. The molecule has 1 saturated heterocycles. The van der Waals surface area contributed by atoms with E-state index < -0.39 is 6.04 Å². The first-order valence-electron chi connectivity index (χ1n) is 8.57. The van der Waals surface area contributed by atoms with Crippen molar-refractivity contribution >= 4 is 17.7 Å². The molecule has 3 amide bonds. The van der Waals surface area contributed by atoms with Crippen molar-refractivity contribution in [2.45, 2.75) is 51.0 Å². The summed E-state index contributed by atoms with van der Waals surface area (Å²) in [6.07, 6.45) is 5.32. The van der Waals surface area contributed by atoms with E-state index in [2.05, 4.69) is 5.10 Å². The second-order valence-corrected chi connectivity index (χ2v) is 6.69. The maximum absolute atomic E-state index is 13.2. The van der Waals surface area contributed by atoms with Crippen LogP contribution in [0.2, 0.25) is 0 Å². The molecule has 2 heterocycles. The first-order valence-corrected chi connectivity index (χ1v) is 8.57. The van der Waals surface area contributed by atoms with Crippen LogP contribution in [0, 0.1) is 0 Å². The Bertz CT molecular complexity index is 681. The van der Waals surface area contributed by atoms with E-state index in [-0.39, 0.29) is 30.1 Å². The lowest BCUT2D eigenvalue weighted by Gasteiger charge is -2.32. The lowest BCUT2D eigenvalue weighted by molar-refractivity contribution is -0.144. The van der Waals surface area contributed by atoms with Gasteiger partial charge >= 0.3 is 0 Å². The first-order chi connectivity index (χ1) is 11.4. The maximum Gasteiger partial charge on any atom is 0.252 e. The number of nitrogens with zero attached hydrogens (tertiary/aromatic N) is 4. The molecule has 0 bridgehead atoms. The van der Waals surface area contributed by atoms with E-state index >= 15 is 0 Å². The molecular weight excluding hydrogens is 308 g/mol. The summed E-state index contributed by atoms with van der Waals surface area (Å²) in [5, 5.41) is 4.44. The fourth-order valence-corrected chi connectivity index (χ4v) is 3.76. The molecule has 7 heteroatoms. The largest absolute Gasteiger partial charge is 0.330 e. The minimum Gasteiger partial charge on any atom is -0.330 e. The summed E-state index contributed by atoms with van der Waals surface area (Å²) in [6.45, 7) is 2.46. The van der Waals surface area contributed by atoms with Crippen molar-refractivity contribution in [1.29, 1.82) is 0 Å². The average molecular weight is 332 g/mol. The summed E-state index contributed by atoms with van der Waals surface area (Å²) in [7, 11) is 3.34. The van der Waals surface area contributed by atoms with Crippen molar-refractivity contribution in [3.8, 4) is 0 Å². The third-order valence-corrected chi connectivity index (χ3v) is 5.00. The Morgan fingerprint density at radius 3 is 2.75 bits per heavy atom. The number of fused-ring (bicyclic) bond motifs is 1. The van der Waals surface area contributed by atoms with Crippen LogP contribution in [-0.4, -0.2) is 56.9 Å². The Morgan fingerprint density at radius 2 is 2.12 bits per heavy atom. The van der Waals surface area contributed by atoms with Gasteiger partial charge in [-0.05, 0) is 25.7 Å². The van der Waals surface area contributed by atoms with Crippen LogP contribution in [0.15, 0.2) is 6.20 Å². The summed E-state index contributed by atoms with van der Waals surface area (Å²) < 4.78 is 1.75. The molecule has 0 radical (unpaired) electrons. The van der Waals surface area contributed by atoms with Gasteiger partial charge in [-0.25, -0.2) is 0 Å². The molecule has 7 nitrogen and oxygen atoms in total. The number of imide groups is 1. The number of rotatable bonds is 4. The molecule has 3 rings (SSSR count). The number of carbonyl (C=O) groups excluding carboxylic acids is 3. The molecule has 1 fully saturated rings. The predicted octanol–water partition coefficient (Wildman–Crippen LogP) is 0.836. The minimum absolute atomic E-state index is 0.0488. The Morgan fingerprint density at radius 1 is 1.38 bits per heavy atom. The molecular formula is C17H24N4O3. The Kier molecular flexibility index (Phi) is 4.43. The molecule has 2 atom stereocenters. The average Bonchev–Trinajstić information content (AvgIpc) is 3.06. The van der Waals surface area contributed by atoms with Crippen molar-refractivity contribution in [2.75, 3.05) is 13.6 Å². The smallest absolute Gasteiger partial charge is 0.252 e. The molecule has 1 aliphatic carbocycles. The van der Waals surface area contributed by atoms with Gasteiger partial charge in [-0.3, -0.25) is 24.0 Å². The molecule has 0 saturated carbocycles. The number of hydrogen-bond acceptors (Lipinski definition) is 4. The molecule has 24 heavy (non-hydrogen) atoms. The van der Waals surface area contributed by atoms with Gasteiger partial charge in [-0.1, -0.05) is 6.92 Å². The van der Waals surface area contributed by atoms with Crippen molar-refractivity contribution in [2.24, 2.45) is 7.05 Å². The number of aryl methyl sites for hydroxylation is 2. The van der Waals surface area contributed by atoms with Crippen LogP contribution in [0.25, 0.3) is 0 Å². The number of likely N-dealkylation sites (N-methyl/N-ethyl adjacent to an activating group) is 1. The van der Waals surface area contributed by atoms with Crippen LogP contribution in [0.5, 0.6) is 0 Å². The number of carbonyl (C=O) groups is 3. The van der Waals surface area contributed by atoms with E-state index in [0.29, 0.717) is 6.54 Å². The Hall–Kier alpha value is -2.18. The number of amides is 3. The summed E-state index contributed by atoms with van der Waals surface area (Å²) in [4.78, 5) is 40.2. The first kappa shape index (κ1) is 16.7. The van der Waals surface area contributed by atoms with Crippen molar-refractivity contribution in [3.63, 3.8) is 0 Å². The van der Waals surface area contributed by atoms with E-state index in [4.69, 9.17) is 0 Å². The number of likely N-dealkylation sites (tertiary alicyclic amines) is 1. The lowest BCUT2D eigenvalue weighted by atomic mass is 9.85. The van der Waals surface area contributed by atoms with Crippen molar-refractivity contribution in [1.82, 2.24) is 19.6 Å². The zero-order valence-electron chi connectivity index (χ0n) is 14.5. The quantitative estimate of drug-likeness (QED) is 0.766. The highest BCUT2D eigenvalue weighted by atomic mass is 16.2. The lowest BCUT2D eigenvalue weighted by Crippen LogP contribution is -2.47. The molecule has 130 valence electrons. The van der Waals surface area contributed by atoms with Gasteiger partial charge in [-0.2, -0.15) is 5.10 Å². The second-order valence-electron chi connectivity index (χ2n) is 6.69.